The van der Waals surface area contributed by atoms with Crippen molar-refractivity contribution in [3.8, 4) is 5.75 Å². The molecule has 1 aliphatic heterocycles. The number of aromatic nitrogens is 1. The Morgan fingerprint density at radius 2 is 1.97 bits per heavy atom. The van der Waals surface area contributed by atoms with Crippen molar-refractivity contribution in [3.63, 3.8) is 0 Å². The largest absolute Gasteiger partial charge is 0.434 e. The summed E-state index contributed by atoms with van der Waals surface area (Å²) in [6, 6.07) is 7.24. The maximum atomic E-state index is 13.8. The van der Waals surface area contributed by atoms with Gasteiger partial charge >= 0.3 is 12.6 Å². The Morgan fingerprint density at radius 1 is 1.24 bits per heavy atom. The number of halogens is 3. The van der Waals surface area contributed by atoms with Crippen LogP contribution in [0.3, 0.4) is 0 Å². The maximum Gasteiger partial charge on any atom is 0.387 e. The van der Waals surface area contributed by atoms with E-state index in [0.717, 1.165) is 21.6 Å². The molecule has 0 bridgehead atoms. The van der Waals surface area contributed by atoms with Gasteiger partial charge in [-0.15, -0.1) is 11.3 Å². The van der Waals surface area contributed by atoms with Gasteiger partial charge in [0.25, 0.3) is 5.91 Å². The lowest BCUT2D eigenvalue weighted by Crippen LogP contribution is -2.49. The number of thiazole rings is 1. The first-order valence-corrected chi connectivity index (χ1v) is 13.8. The van der Waals surface area contributed by atoms with E-state index in [1.54, 1.807) is 32.0 Å². The van der Waals surface area contributed by atoms with Crippen LogP contribution in [0.15, 0.2) is 46.1 Å². The normalized spacial score (nSPS) is 16.0. The minimum Gasteiger partial charge on any atom is -0.434 e. The number of carbonyl (C=O) groups excluding carboxylic acids is 2. The van der Waals surface area contributed by atoms with Crippen LogP contribution in [0.1, 0.15) is 49.4 Å². The van der Waals surface area contributed by atoms with E-state index in [0.29, 0.717) is 33.9 Å². The number of nitrogens with zero attached hydrogens (tertiary/aromatic N) is 2. The highest BCUT2D eigenvalue weighted by atomic mass is 79.9. The van der Waals surface area contributed by atoms with E-state index in [1.165, 1.54) is 16.2 Å². The highest BCUT2D eigenvalue weighted by molar-refractivity contribution is 9.10. The fourth-order valence-electron chi connectivity index (χ4n) is 4.50. The number of alkyl halides is 2. The van der Waals surface area contributed by atoms with Crippen LogP contribution in [-0.2, 0) is 4.79 Å². The summed E-state index contributed by atoms with van der Waals surface area (Å²) in [5, 5.41) is 6.72. The van der Waals surface area contributed by atoms with Crippen molar-refractivity contribution in [1.82, 2.24) is 15.2 Å². The Hall–Kier alpha value is -3.05. The highest BCUT2D eigenvalue weighted by Crippen LogP contribution is 2.40. The molecule has 7 nitrogen and oxygen atoms in total. The minimum absolute atomic E-state index is 0.0798. The number of urea groups is 1. The van der Waals surface area contributed by atoms with Gasteiger partial charge in [-0.25, -0.2) is 9.78 Å². The Balaban J connectivity index is 1.80. The van der Waals surface area contributed by atoms with Gasteiger partial charge in [0, 0.05) is 28.0 Å². The van der Waals surface area contributed by atoms with Crippen LogP contribution in [0.2, 0.25) is 0 Å². The van der Waals surface area contributed by atoms with Gasteiger partial charge in [0.05, 0.1) is 26.8 Å². The van der Waals surface area contributed by atoms with Crippen LogP contribution in [0.5, 0.6) is 5.75 Å². The Kier molecular flexibility index (Phi) is 8.37. The maximum absolute atomic E-state index is 13.8. The third-order valence-electron chi connectivity index (χ3n) is 6.31. The topological polar surface area (TPSA) is 83.6 Å². The van der Waals surface area contributed by atoms with Gasteiger partial charge < -0.3 is 15.4 Å². The molecule has 3 amide bonds. The summed E-state index contributed by atoms with van der Waals surface area (Å²) in [7, 11) is 0. The minimum atomic E-state index is -3.08. The fourth-order valence-corrected chi connectivity index (χ4v) is 5.96. The summed E-state index contributed by atoms with van der Waals surface area (Å²) in [6.07, 6.45) is 0.724. The quantitative estimate of drug-likeness (QED) is 0.282. The molecule has 2 aromatic carbocycles. The summed E-state index contributed by atoms with van der Waals surface area (Å²) in [5.41, 5.74) is 2.78. The zero-order valence-corrected chi connectivity index (χ0v) is 24.1. The second-order valence-corrected chi connectivity index (χ2v) is 11.8. The van der Waals surface area contributed by atoms with Gasteiger partial charge in [0.1, 0.15) is 5.75 Å². The van der Waals surface area contributed by atoms with Crippen LogP contribution in [0.25, 0.3) is 10.2 Å². The molecule has 11 heteroatoms. The monoisotopic (exact) mass is 606 g/mol. The lowest BCUT2D eigenvalue weighted by atomic mass is 9.92. The van der Waals surface area contributed by atoms with Gasteiger partial charge in [0.2, 0.25) is 0 Å². The first-order chi connectivity index (χ1) is 17.9. The molecule has 202 valence electrons. The summed E-state index contributed by atoms with van der Waals surface area (Å²) in [4.78, 5) is 33.0. The molecule has 0 radical (unpaired) electrons. The SMILES string of the molecule is CC1=C(C(=O)Nc2ccc3nc(C)sc3c2)C(c2cc(Br)cc(C)c2OC(F)F)NC(=O)N1CCC(C)C. The van der Waals surface area contributed by atoms with Crippen LogP contribution < -0.4 is 15.4 Å². The molecule has 4 rings (SSSR count). The van der Waals surface area contributed by atoms with Crippen LogP contribution in [-0.4, -0.2) is 35.0 Å². The fraction of sp³-hybridized carbons (Fsp3) is 0.370. The second-order valence-electron chi connectivity index (χ2n) is 9.60. The summed E-state index contributed by atoms with van der Waals surface area (Å²) in [5.74, 6) is -0.203. The molecule has 2 heterocycles. The molecule has 0 spiro atoms. The average Bonchev–Trinajstić information content (AvgIpc) is 3.18. The predicted octanol–water partition coefficient (Wildman–Crippen LogP) is 7.30. The number of anilines is 1. The molecule has 2 N–H and O–H groups in total. The van der Waals surface area contributed by atoms with E-state index in [1.807, 2.05) is 32.9 Å². The highest BCUT2D eigenvalue weighted by Gasteiger charge is 2.38. The van der Waals surface area contributed by atoms with Crippen molar-refractivity contribution in [1.29, 1.82) is 0 Å². The molecular weight excluding hydrogens is 578 g/mol. The van der Waals surface area contributed by atoms with Crippen molar-refractivity contribution < 1.29 is 23.1 Å². The number of fused-ring (bicyclic) bond motifs is 1. The van der Waals surface area contributed by atoms with Crippen molar-refractivity contribution in [2.45, 2.75) is 53.7 Å². The standard InChI is InChI=1S/C27H29BrF2N4O3S/c1-13(2)8-9-34-15(4)22(25(35)32-18-6-7-20-21(12-18)38-16(5)31-20)23(33-27(34)36)19-11-17(28)10-14(3)24(19)37-26(29)30/h6-7,10-13,23,26H,8-9H2,1-5H3,(H,32,35)(H,33,36). The summed E-state index contributed by atoms with van der Waals surface area (Å²) < 4.78 is 33.2. The van der Waals surface area contributed by atoms with E-state index < -0.39 is 24.6 Å². The Labute approximate surface area is 232 Å². The molecule has 1 aromatic heterocycles. The summed E-state index contributed by atoms with van der Waals surface area (Å²) >= 11 is 4.93. The predicted molar refractivity (Wildman–Crippen MR) is 149 cm³/mol. The third-order valence-corrected chi connectivity index (χ3v) is 7.70. The number of nitrogens with one attached hydrogen (secondary N) is 2. The smallest absolute Gasteiger partial charge is 0.387 e. The van der Waals surface area contributed by atoms with Crippen molar-refractivity contribution >= 4 is 55.1 Å². The number of aryl methyl sites for hydroxylation is 2. The second kappa shape index (κ2) is 11.4. The molecule has 1 unspecified atom stereocenters. The number of benzene rings is 2. The number of rotatable bonds is 8. The first-order valence-electron chi connectivity index (χ1n) is 12.2. The molecule has 3 aromatic rings. The molecule has 0 saturated carbocycles. The van der Waals surface area contributed by atoms with Crippen LogP contribution >= 0.6 is 27.3 Å². The zero-order valence-electron chi connectivity index (χ0n) is 21.7. The van der Waals surface area contributed by atoms with E-state index in [2.05, 4.69) is 31.5 Å². The molecule has 1 aliphatic rings. The summed E-state index contributed by atoms with van der Waals surface area (Å²) in [6.45, 7) is 6.68. The van der Waals surface area contributed by atoms with Gasteiger partial charge in [-0.05, 0) is 69.0 Å². The molecule has 0 saturated heterocycles. The molecule has 0 fully saturated rings. The van der Waals surface area contributed by atoms with Gasteiger partial charge in [0.15, 0.2) is 0 Å². The third kappa shape index (κ3) is 5.99. The lowest BCUT2D eigenvalue weighted by molar-refractivity contribution is -0.113. The number of carbonyl (C=O) groups is 2. The number of hydrogen-bond donors (Lipinski definition) is 2. The number of ether oxygens (including phenoxy) is 1. The molecule has 0 aliphatic carbocycles. The van der Waals surface area contributed by atoms with E-state index >= 15 is 0 Å². The van der Waals surface area contributed by atoms with Crippen molar-refractivity contribution in [2.24, 2.45) is 5.92 Å². The van der Waals surface area contributed by atoms with Crippen LogP contribution in [0.4, 0.5) is 19.3 Å². The number of amides is 3. The lowest BCUT2D eigenvalue weighted by Gasteiger charge is -2.36. The van der Waals surface area contributed by atoms with Crippen molar-refractivity contribution in [3.05, 3.63) is 62.2 Å². The van der Waals surface area contributed by atoms with Gasteiger partial charge in [-0.1, -0.05) is 29.8 Å². The van der Waals surface area contributed by atoms with Gasteiger partial charge in [-0.3, -0.25) is 9.69 Å². The molecular formula is C27H29BrF2N4O3S. The number of allylic oxidation sites excluding steroid dienone is 1. The average molecular weight is 608 g/mol. The first kappa shape index (κ1) is 28.0. The Bertz CT molecular complexity index is 1420. The van der Waals surface area contributed by atoms with Crippen molar-refractivity contribution in [2.75, 3.05) is 11.9 Å². The van der Waals surface area contributed by atoms with E-state index in [-0.39, 0.29) is 16.9 Å². The van der Waals surface area contributed by atoms with E-state index in [4.69, 9.17) is 4.74 Å². The zero-order chi connectivity index (χ0) is 27.7. The van der Waals surface area contributed by atoms with Crippen LogP contribution in [0, 0.1) is 19.8 Å². The molecule has 1 atom stereocenters. The number of hydrogen-bond acceptors (Lipinski definition) is 5. The molecule has 38 heavy (non-hydrogen) atoms. The van der Waals surface area contributed by atoms with Gasteiger partial charge in [-0.2, -0.15) is 8.78 Å². The van der Waals surface area contributed by atoms with E-state index in [9.17, 15) is 18.4 Å². The Morgan fingerprint density at radius 3 is 2.66 bits per heavy atom.